The van der Waals surface area contributed by atoms with Crippen molar-refractivity contribution < 1.29 is 8.78 Å². The van der Waals surface area contributed by atoms with Crippen molar-refractivity contribution in [3.8, 4) is 0 Å². The van der Waals surface area contributed by atoms with Crippen LogP contribution in [0.25, 0.3) is 10.3 Å². The molecule has 0 saturated heterocycles. The third-order valence-corrected chi connectivity index (χ3v) is 5.00. The fraction of sp³-hybridized carbons (Fsp3) is 0.231. The molecule has 0 amide bonds. The molecule has 5 nitrogen and oxygen atoms in total. The van der Waals surface area contributed by atoms with E-state index in [4.69, 9.17) is 0 Å². The topological polar surface area (TPSA) is 60.7 Å². The van der Waals surface area contributed by atoms with Gasteiger partial charge in [-0.3, -0.25) is 14.3 Å². The van der Waals surface area contributed by atoms with Crippen molar-refractivity contribution in [2.75, 3.05) is 6.26 Å². The van der Waals surface area contributed by atoms with E-state index < -0.39 is 23.0 Å². The smallest absolute Gasteiger partial charge is 0.292 e. The Labute approximate surface area is 132 Å². The molecule has 3 aromatic heterocycles. The fourth-order valence-corrected chi connectivity index (χ4v) is 3.38. The van der Waals surface area contributed by atoms with Gasteiger partial charge in [0.1, 0.15) is 5.69 Å². The van der Waals surface area contributed by atoms with Crippen molar-refractivity contribution in [2.45, 2.75) is 10.3 Å². The van der Waals surface area contributed by atoms with Crippen LogP contribution in [0.4, 0.5) is 8.78 Å². The van der Waals surface area contributed by atoms with Crippen molar-refractivity contribution >= 4 is 33.4 Å². The second kappa shape index (κ2) is 5.40. The lowest BCUT2D eigenvalue weighted by molar-refractivity contribution is 0.0242. The Morgan fingerprint density at radius 2 is 2.09 bits per heavy atom. The maximum atomic E-state index is 14.6. The number of thioether (sulfide) groups is 1. The highest BCUT2D eigenvalue weighted by atomic mass is 32.2. The van der Waals surface area contributed by atoms with Crippen LogP contribution in [0.1, 0.15) is 11.5 Å². The largest absolute Gasteiger partial charge is 0.346 e. The lowest BCUT2D eigenvalue weighted by atomic mass is 10.2. The van der Waals surface area contributed by atoms with Crippen molar-refractivity contribution in [1.29, 1.82) is 0 Å². The van der Waals surface area contributed by atoms with Crippen LogP contribution in [0.3, 0.4) is 0 Å². The number of pyridine rings is 1. The van der Waals surface area contributed by atoms with E-state index in [2.05, 4.69) is 15.0 Å². The summed E-state index contributed by atoms with van der Waals surface area (Å²) in [5.41, 5.74) is -0.934. The minimum atomic E-state index is -3.47. The van der Waals surface area contributed by atoms with Gasteiger partial charge in [0.15, 0.2) is 20.5 Å². The van der Waals surface area contributed by atoms with E-state index in [0.717, 1.165) is 15.9 Å². The molecule has 3 rings (SSSR count). The number of aromatic nitrogens is 4. The third kappa shape index (κ3) is 2.30. The molecule has 0 radical (unpaired) electrons. The van der Waals surface area contributed by atoms with E-state index in [9.17, 15) is 13.6 Å². The van der Waals surface area contributed by atoms with Crippen molar-refractivity contribution in [3.63, 3.8) is 0 Å². The monoisotopic (exact) mass is 340 g/mol. The van der Waals surface area contributed by atoms with Crippen LogP contribution in [-0.2, 0) is 13.0 Å². The van der Waals surface area contributed by atoms with Crippen molar-refractivity contribution in [2.24, 2.45) is 7.05 Å². The normalized spacial score (nSPS) is 12.0. The van der Waals surface area contributed by atoms with Gasteiger partial charge < -0.3 is 0 Å². The van der Waals surface area contributed by atoms with Crippen LogP contribution in [-0.4, -0.2) is 25.8 Å². The maximum absolute atomic E-state index is 14.6. The maximum Gasteiger partial charge on any atom is 0.346 e. The van der Waals surface area contributed by atoms with Crippen molar-refractivity contribution in [3.05, 3.63) is 46.3 Å². The molecule has 0 unspecified atom stereocenters. The lowest BCUT2D eigenvalue weighted by Gasteiger charge is -2.17. The Balaban J connectivity index is 2.27. The van der Waals surface area contributed by atoms with Crippen LogP contribution in [0.2, 0.25) is 0 Å². The molecule has 3 aromatic rings. The van der Waals surface area contributed by atoms with Gasteiger partial charge in [-0.25, -0.2) is 9.97 Å². The van der Waals surface area contributed by atoms with Gasteiger partial charge in [0.2, 0.25) is 0 Å². The quantitative estimate of drug-likeness (QED) is 0.686. The standard InChI is InChI=1S/C13H10F2N4OS2/c1-19-10(20)8-9(22-12(17-8)21-2)18-11(19)13(14,15)7-5-3-4-6-16-7/h3-6H,1-2H3. The lowest BCUT2D eigenvalue weighted by Crippen LogP contribution is -2.31. The second-order valence-electron chi connectivity index (χ2n) is 4.43. The number of halogens is 2. The fourth-order valence-electron chi connectivity index (χ4n) is 1.97. The summed E-state index contributed by atoms with van der Waals surface area (Å²) in [6.45, 7) is 0. The zero-order chi connectivity index (χ0) is 15.9. The van der Waals surface area contributed by atoms with E-state index in [1.165, 1.54) is 37.1 Å². The minimum absolute atomic E-state index is 0.109. The van der Waals surface area contributed by atoms with E-state index in [0.29, 0.717) is 4.34 Å². The Bertz CT molecular complexity index is 892. The summed E-state index contributed by atoms with van der Waals surface area (Å²) in [5, 5.41) is 0. The summed E-state index contributed by atoms with van der Waals surface area (Å²) >= 11 is 2.46. The van der Waals surface area contributed by atoms with Crippen LogP contribution >= 0.6 is 23.1 Å². The van der Waals surface area contributed by atoms with E-state index in [-0.39, 0.29) is 10.3 Å². The number of nitrogens with zero attached hydrogens (tertiary/aromatic N) is 4. The summed E-state index contributed by atoms with van der Waals surface area (Å²) in [4.78, 5) is 24.2. The molecule has 0 spiro atoms. The Morgan fingerprint density at radius 3 is 2.73 bits per heavy atom. The van der Waals surface area contributed by atoms with Gasteiger partial charge in [0.05, 0.1) is 0 Å². The first-order chi connectivity index (χ1) is 10.4. The SMILES string of the molecule is CSc1nc2c(=O)n(C)c(C(F)(F)c3ccccn3)nc2s1. The Morgan fingerprint density at radius 1 is 1.32 bits per heavy atom. The molecule has 0 aromatic carbocycles. The molecule has 0 aliphatic carbocycles. The molecular formula is C13H10F2N4OS2. The van der Waals surface area contributed by atoms with Gasteiger partial charge in [0, 0.05) is 13.2 Å². The first kappa shape index (κ1) is 15.0. The van der Waals surface area contributed by atoms with Crippen molar-refractivity contribution in [1.82, 2.24) is 19.5 Å². The third-order valence-electron chi connectivity index (χ3n) is 3.06. The summed E-state index contributed by atoms with van der Waals surface area (Å²) < 4.78 is 30.7. The first-order valence-electron chi connectivity index (χ1n) is 6.16. The number of thiazole rings is 1. The number of rotatable bonds is 3. The van der Waals surface area contributed by atoms with E-state index in [1.54, 1.807) is 12.3 Å². The predicted octanol–water partition coefficient (Wildman–Crippen LogP) is 2.65. The van der Waals surface area contributed by atoms with Gasteiger partial charge in [-0.2, -0.15) is 8.78 Å². The highest BCUT2D eigenvalue weighted by Crippen LogP contribution is 2.34. The average Bonchev–Trinajstić information content (AvgIpc) is 2.95. The Kier molecular flexibility index (Phi) is 3.69. The molecule has 9 heteroatoms. The molecule has 3 heterocycles. The van der Waals surface area contributed by atoms with E-state index >= 15 is 0 Å². The second-order valence-corrected chi connectivity index (χ2v) is 6.46. The number of alkyl halides is 2. The van der Waals surface area contributed by atoms with Gasteiger partial charge in [0.25, 0.3) is 5.56 Å². The zero-order valence-electron chi connectivity index (χ0n) is 11.6. The molecular weight excluding hydrogens is 330 g/mol. The minimum Gasteiger partial charge on any atom is -0.292 e. The summed E-state index contributed by atoms with van der Waals surface area (Å²) in [5.74, 6) is -4.10. The summed E-state index contributed by atoms with van der Waals surface area (Å²) in [6, 6.07) is 4.21. The highest BCUT2D eigenvalue weighted by Gasteiger charge is 2.40. The molecule has 0 aliphatic heterocycles. The molecule has 0 N–H and O–H groups in total. The van der Waals surface area contributed by atoms with Crippen LogP contribution in [0, 0.1) is 0 Å². The van der Waals surface area contributed by atoms with Crippen LogP contribution < -0.4 is 5.56 Å². The predicted molar refractivity (Wildman–Crippen MR) is 81.7 cm³/mol. The zero-order valence-corrected chi connectivity index (χ0v) is 13.2. The molecule has 0 bridgehead atoms. The summed E-state index contributed by atoms with van der Waals surface area (Å²) in [6.07, 6.45) is 3.07. The summed E-state index contributed by atoms with van der Waals surface area (Å²) in [7, 11) is 1.26. The number of hydrogen-bond donors (Lipinski definition) is 0. The van der Waals surface area contributed by atoms with E-state index in [1.807, 2.05) is 0 Å². The molecule has 0 fully saturated rings. The molecule has 0 atom stereocenters. The Hall–Kier alpha value is -1.87. The number of fused-ring (bicyclic) bond motifs is 1. The molecule has 0 saturated carbocycles. The average molecular weight is 340 g/mol. The molecule has 114 valence electrons. The number of hydrogen-bond acceptors (Lipinski definition) is 6. The first-order valence-corrected chi connectivity index (χ1v) is 8.20. The van der Waals surface area contributed by atoms with Gasteiger partial charge >= 0.3 is 5.92 Å². The van der Waals surface area contributed by atoms with Gasteiger partial charge in [-0.05, 0) is 18.4 Å². The molecule has 0 aliphatic rings. The highest BCUT2D eigenvalue weighted by molar-refractivity contribution is 8.00. The van der Waals surface area contributed by atoms with Gasteiger partial charge in [-0.15, -0.1) is 0 Å². The van der Waals surface area contributed by atoms with Gasteiger partial charge in [-0.1, -0.05) is 29.2 Å². The van der Waals surface area contributed by atoms with Crippen LogP contribution in [0.15, 0.2) is 33.5 Å². The molecule has 22 heavy (non-hydrogen) atoms. The van der Waals surface area contributed by atoms with Crippen LogP contribution in [0.5, 0.6) is 0 Å².